The number of nitrogens with one attached hydrogen (secondary N) is 1. The largest absolute Gasteiger partial charge is 0.480 e. The van der Waals surface area contributed by atoms with Gasteiger partial charge in [0.05, 0.1) is 25.4 Å². The summed E-state index contributed by atoms with van der Waals surface area (Å²) < 4.78 is 10.8. The zero-order valence-electron chi connectivity index (χ0n) is 19.4. The lowest BCUT2D eigenvalue weighted by atomic mass is 9.91. The molecule has 1 saturated heterocycles. The van der Waals surface area contributed by atoms with E-state index in [4.69, 9.17) is 14.5 Å². The number of nitrogens with zero attached hydrogens (tertiary/aromatic N) is 3. The fourth-order valence-corrected chi connectivity index (χ4v) is 4.82. The molecule has 2 aromatic rings. The van der Waals surface area contributed by atoms with Gasteiger partial charge in [-0.15, -0.1) is 11.3 Å². The van der Waals surface area contributed by atoms with E-state index in [0.29, 0.717) is 35.3 Å². The van der Waals surface area contributed by atoms with Crippen LogP contribution < -0.4 is 5.32 Å². The molecule has 2 aliphatic heterocycles. The summed E-state index contributed by atoms with van der Waals surface area (Å²) in [6.45, 7) is 7.12. The molecule has 1 aromatic carbocycles. The molecule has 0 spiro atoms. The van der Waals surface area contributed by atoms with Crippen LogP contribution in [0.4, 0.5) is 0 Å². The number of ether oxygens (including phenoxy) is 2. The zero-order chi connectivity index (χ0) is 24.2. The molecule has 4 rings (SSSR count). The van der Waals surface area contributed by atoms with Crippen molar-refractivity contribution in [3.8, 4) is 0 Å². The molecule has 2 N–H and O–H groups in total. The van der Waals surface area contributed by atoms with Gasteiger partial charge in [-0.3, -0.25) is 14.7 Å². The lowest BCUT2D eigenvalue weighted by Crippen LogP contribution is -2.52. The summed E-state index contributed by atoms with van der Waals surface area (Å²) in [5, 5.41) is 15.5. The summed E-state index contributed by atoms with van der Waals surface area (Å²) in [5.74, 6) is -0.895. The van der Waals surface area contributed by atoms with Crippen molar-refractivity contribution in [1.29, 1.82) is 0 Å². The highest BCUT2D eigenvalue weighted by atomic mass is 32.1. The summed E-state index contributed by atoms with van der Waals surface area (Å²) in [6.07, 6.45) is 1.70. The van der Waals surface area contributed by atoms with Gasteiger partial charge in [-0.2, -0.15) is 0 Å². The third-order valence-electron chi connectivity index (χ3n) is 5.86. The van der Waals surface area contributed by atoms with E-state index in [1.165, 1.54) is 11.3 Å². The number of esters is 1. The summed E-state index contributed by atoms with van der Waals surface area (Å²) in [5.41, 5.74) is 3.95. The number of benzene rings is 1. The van der Waals surface area contributed by atoms with Crippen molar-refractivity contribution in [3.63, 3.8) is 0 Å². The topological polar surface area (TPSA) is 113 Å². The second-order valence-electron chi connectivity index (χ2n) is 8.21. The predicted molar refractivity (Wildman–Crippen MR) is 128 cm³/mol. The Kier molecular flexibility index (Phi) is 7.40. The van der Waals surface area contributed by atoms with E-state index >= 15 is 0 Å². The third kappa shape index (κ3) is 5.03. The Morgan fingerprint density at radius 1 is 1.35 bits per heavy atom. The van der Waals surface area contributed by atoms with E-state index < -0.39 is 24.0 Å². The van der Waals surface area contributed by atoms with Crippen molar-refractivity contribution in [2.75, 3.05) is 32.9 Å². The van der Waals surface area contributed by atoms with Crippen LogP contribution in [0.15, 0.2) is 46.0 Å². The minimum Gasteiger partial charge on any atom is -0.480 e. The zero-order valence-corrected chi connectivity index (χ0v) is 20.2. The van der Waals surface area contributed by atoms with Crippen molar-refractivity contribution in [2.45, 2.75) is 32.9 Å². The molecule has 0 radical (unpaired) electrons. The number of carboxylic acids is 1. The van der Waals surface area contributed by atoms with Gasteiger partial charge < -0.3 is 19.9 Å². The number of thiazole rings is 1. The molecule has 0 unspecified atom stereocenters. The summed E-state index contributed by atoms with van der Waals surface area (Å²) >= 11 is 1.44. The van der Waals surface area contributed by atoms with Gasteiger partial charge in [-0.25, -0.2) is 9.78 Å². The highest BCUT2D eigenvalue weighted by Gasteiger charge is 2.36. The first-order valence-electron chi connectivity index (χ1n) is 11.2. The van der Waals surface area contributed by atoms with Gasteiger partial charge in [0.1, 0.15) is 12.1 Å². The van der Waals surface area contributed by atoms with Crippen molar-refractivity contribution < 1.29 is 24.2 Å². The maximum absolute atomic E-state index is 13.3. The second kappa shape index (κ2) is 10.5. The number of aromatic nitrogens is 1. The molecule has 2 atom stereocenters. The smallest absolute Gasteiger partial charge is 0.338 e. The summed E-state index contributed by atoms with van der Waals surface area (Å²) in [4.78, 5) is 36.2. The fraction of sp³-hybridized carbons (Fsp3) is 0.417. The molecule has 9 nitrogen and oxygen atoms in total. The van der Waals surface area contributed by atoms with Gasteiger partial charge in [-0.05, 0) is 31.9 Å². The maximum Gasteiger partial charge on any atom is 0.338 e. The van der Waals surface area contributed by atoms with Crippen LogP contribution in [0.3, 0.4) is 0 Å². The van der Waals surface area contributed by atoms with Crippen LogP contribution in [0.5, 0.6) is 0 Å². The van der Waals surface area contributed by atoms with Crippen molar-refractivity contribution >= 4 is 29.1 Å². The minimum absolute atomic E-state index is 0.0886. The lowest BCUT2D eigenvalue weighted by molar-refractivity contribution is -0.149. The minimum atomic E-state index is -0.964. The number of aliphatic carboxylic acids is 1. The molecule has 0 amide bonds. The Morgan fingerprint density at radius 3 is 2.85 bits per heavy atom. The van der Waals surface area contributed by atoms with E-state index in [1.807, 2.05) is 31.4 Å². The monoisotopic (exact) mass is 484 g/mol. The number of carbonyl (C=O) groups is 2. The Labute approximate surface area is 202 Å². The molecule has 10 heteroatoms. The lowest BCUT2D eigenvalue weighted by Gasteiger charge is -2.35. The number of rotatable bonds is 7. The Morgan fingerprint density at radius 2 is 2.18 bits per heavy atom. The first-order chi connectivity index (χ1) is 16.4. The summed E-state index contributed by atoms with van der Waals surface area (Å²) in [6, 6.07) is 4.61. The van der Waals surface area contributed by atoms with Gasteiger partial charge in [0.25, 0.3) is 0 Å². The van der Waals surface area contributed by atoms with Crippen LogP contribution in [0.1, 0.15) is 34.7 Å². The molecule has 180 valence electrons. The first kappa shape index (κ1) is 24.1. The number of aryl methyl sites for hydroxylation is 2. The number of amidine groups is 1. The fourth-order valence-electron chi connectivity index (χ4n) is 4.23. The molecule has 1 fully saturated rings. The van der Waals surface area contributed by atoms with Crippen molar-refractivity contribution in [3.05, 3.63) is 62.7 Å². The molecule has 2 aliphatic rings. The van der Waals surface area contributed by atoms with Gasteiger partial charge in [0.15, 0.2) is 10.8 Å². The van der Waals surface area contributed by atoms with Crippen LogP contribution in [0.2, 0.25) is 0 Å². The molecule has 1 aromatic heterocycles. The molecule has 0 saturated carbocycles. The molecular weight excluding hydrogens is 456 g/mol. The number of carboxylic acid groups (broad SMARTS) is 1. The molecule has 0 bridgehead atoms. The van der Waals surface area contributed by atoms with Crippen LogP contribution in [0.25, 0.3) is 0 Å². The number of hydrogen-bond acceptors (Lipinski definition) is 9. The van der Waals surface area contributed by atoms with E-state index in [-0.39, 0.29) is 19.8 Å². The van der Waals surface area contributed by atoms with E-state index in [9.17, 15) is 14.7 Å². The number of aliphatic imine (C=N–C) groups is 1. The van der Waals surface area contributed by atoms with Crippen LogP contribution in [-0.2, 0) is 19.1 Å². The SMILES string of the molecule is CCOC(=O)C1=C(CN2CCOC[C@H]2C(=O)O)NC(c2nccs2)=N[C@H]1c1ccc(C)cc1C. The normalized spacial score (nSPS) is 21.1. The van der Waals surface area contributed by atoms with Gasteiger partial charge in [0, 0.05) is 30.4 Å². The van der Waals surface area contributed by atoms with Gasteiger partial charge >= 0.3 is 11.9 Å². The van der Waals surface area contributed by atoms with E-state index in [2.05, 4.69) is 16.4 Å². The average Bonchev–Trinajstić information content (AvgIpc) is 3.34. The standard InChI is InChI=1S/C24H28N4O5S/c1-4-33-24(31)19-17(12-28-8-9-32-13-18(28)23(29)30)26-21(22-25-7-10-34-22)27-20(19)16-6-5-14(2)11-15(16)3/h5-7,10-11,18,20H,4,8-9,12-13H2,1-3H3,(H,26,27)(H,29,30)/t18-,20-/m0/s1. The van der Waals surface area contributed by atoms with Crippen molar-refractivity contribution in [2.24, 2.45) is 4.99 Å². The molecule has 0 aliphatic carbocycles. The number of hydrogen-bond donors (Lipinski definition) is 2. The second-order valence-corrected chi connectivity index (χ2v) is 9.11. The van der Waals surface area contributed by atoms with E-state index in [0.717, 1.165) is 16.7 Å². The summed E-state index contributed by atoms with van der Waals surface area (Å²) in [7, 11) is 0. The molecular formula is C24H28N4O5S. The highest BCUT2D eigenvalue weighted by molar-refractivity contribution is 7.11. The van der Waals surface area contributed by atoms with Gasteiger partial charge in [-0.1, -0.05) is 23.8 Å². The number of morpholine rings is 1. The maximum atomic E-state index is 13.3. The van der Waals surface area contributed by atoms with Gasteiger partial charge in [0.2, 0.25) is 0 Å². The first-order valence-corrected chi connectivity index (χ1v) is 12.0. The Balaban J connectivity index is 1.83. The Hall–Kier alpha value is -3.08. The predicted octanol–water partition coefficient (Wildman–Crippen LogP) is 2.45. The highest BCUT2D eigenvalue weighted by Crippen LogP contribution is 2.35. The quantitative estimate of drug-likeness (QED) is 0.576. The number of carbonyl (C=O) groups excluding carboxylic acids is 1. The molecule has 34 heavy (non-hydrogen) atoms. The van der Waals surface area contributed by atoms with Crippen LogP contribution in [0, 0.1) is 13.8 Å². The average molecular weight is 485 g/mol. The van der Waals surface area contributed by atoms with Crippen molar-refractivity contribution in [1.82, 2.24) is 15.2 Å². The Bertz CT molecular complexity index is 1130. The van der Waals surface area contributed by atoms with E-state index in [1.54, 1.807) is 18.0 Å². The third-order valence-corrected chi connectivity index (χ3v) is 6.64. The van der Waals surface area contributed by atoms with Crippen LogP contribution >= 0.6 is 11.3 Å². The molecule has 3 heterocycles. The van der Waals surface area contributed by atoms with Crippen LogP contribution in [-0.4, -0.2) is 71.7 Å².